The molecule has 0 unspecified atom stereocenters. The number of anilines is 1. The first-order chi connectivity index (χ1) is 13.0. The number of nitrogens with two attached hydrogens (primary N) is 1. The number of carbonyl (C=O) groups excluding carboxylic acids is 2. The highest BCUT2D eigenvalue weighted by molar-refractivity contribution is 5.95. The quantitative estimate of drug-likeness (QED) is 0.673. The van der Waals surface area contributed by atoms with E-state index in [0.717, 1.165) is 5.56 Å². The van der Waals surface area contributed by atoms with Crippen molar-refractivity contribution in [3.63, 3.8) is 0 Å². The number of methoxy groups -OCH3 is 1. The number of aromatic nitrogens is 2. The van der Waals surface area contributed by atoms with Crippen LogP contribution >= 0.6 is 0 Å². The van der Waals surface area contributed by atoms with Crippen LogP contribution in [0.25, 0.3) is 5.69 Å². The topological polar surface area (TPSA) is 99.2 Å². The smallest absolute Gasteiger partial charge is 0.343 e. The summed E-state index contributed by atoms with van der Waals surface area (Å²) in [5, 5.41) is 6.83. The van der Waals surface area contributed by atoms with Gasteiger partial charge in [0, 0.05) is 12.1 Å². The van der Waals surface area contributed by atoms with Gasteiger partial charge in [0.25, 0.3) is 5.91 Å². The first-order valence-electron chi connectivity index (χ1n) is 8.04. The maximum Gasteiger partial charge on any atom is 0.343 e. The summed E-state index contributed by atoms with van der Waals surface area (Å²) in [6, 6.07) is 12.5. The lowest BCUT2D eigenvalue weighted by Crippen LogP contribution is -2.22. The van der Waals surface area contributed by atoms with E-state index in [-0.39, 0.29) is 29.7 Å². The summed E-state index contributed by atoms with van der Waals surface area (Å²) >= 11 is 0. The number of benzene rings is 2. The molecule has 27 heavy (non-hydrogen) atoms. The second-order valence-electron chi connectivity index (χ2n) is 5.70. The molecule has 0 radical (unpaired) electrons. The first-order valence-corrected chi connectivity index (χ1v) is 8.04. The molecule has 0 atom stereocenters. The van der Waals surface area contributed by atoms with Gasteiger partial charge in [-0.1, -0.05) is 12.1 Å². The molecule has 138 valence electrons. The predicted molar refractivity (Wildman–Crippen MR) is 96.9 cm³/mol. The molecule has 0 aliphatic carbocycles. The Hall–Kier alpha value is -3.68. The molecule has 0 saturated heterocycles. The van der Waals surface area contributed by atoms with Crippen molar-refractivity contribution >= 4 is 17.7 Å². The van der Waals surface area contributed by atoms with E-state index in [9.17, 15) is 14.0 Å². The van der Waals surface area contributed by atoms with Crippen LogP contribution in [0.2, 0.25) is 0 Å². The second-order valence-corrected chi connectivity index (χ2v) is 5.70. The molecule has 7 nitrogen and oxygen atoms in total. The van der Waals surface area contributed by atoms with Gasteiger partial charge in [0.05, 0.1) is 19.0 Å². The number of nitrogens with one attached hydrogen (secondary N) is 1. The van der Waals surface area contributed by atoms with Gasteiger partial charge >= 0.3 is 5.97 Å². The number of hydrogen-bond acceptors (Lipinski definition) is 5. The van der Waals surface area contributed by atoms with Crippen LogP contribution in [0.4, 0.5) is 10.2 Å². The van der Waals surface area contributed by atoms with E-state index >= 15 is 0 Å². The minimum Gasteiger partial charge on any atom is -0.465 e. The third-order valence-electron chi connectivity index (χ3n) is 3.95. The van der Waals surface area contributed by atoms with E-state index in [2.05, 4.69) is 15.2 Å². The summed E-state index contributed by atoms with van der Waals surface area (Å²) < 4.78 is 18.9. The Kier molecular flexibility index (Phi) is 5.16. The highest BCUT2D eigenvalue weighted by atomic mass is 19.1. The summed E-state index contributed by atoms with van der Waals surface area (Å²) in [6.45, 7) is 0.287. The van der Waals surface area contributed by atoms with Crippen molar-refractivity contribution in [3.8, 4) is 5.69 Å². The minimum absolute atomic E-state index is 0.148. The molecular formula is C19H17FN4O3. The normalized spacial score (nSPS) is 10.4. The molecule has 1 aromatic heterocycles. The number of nitrogens with zero attached hydrogens (tertiary/aromatic N) is 2. The lowest BCUT2D eigenvalue weighted by molar-refractivity contribution is 0.0601. The van der Waals surface area contributed by atoms with E-state index in [4.69, 9.17) is 5.73 Å². The zero-order valence-electron chi connectivity index (χ0n) is 14.5. The Morgan fingerprint density at radius 3 is 2.44 bits per heavy atom. The summed E-state index contributed by atoms with van der Waals surface area (Å²) in [5.41, 5.74) is 7.92. The van der Waals surface area contributed by atoms with Crippen LogP contribution < -0.4 is 11.1 Å². The average Bonchev–Trinajstić information content (AvgIpc) is 3.08. The van der Waals surface area contributed by atoms with Gasteiger partial charge in [-0.2, -0.15) is 5.10 Å². The Morgan fingerprint density at radius 1 is 1.15 bits per heavy atom. The van der Waals surface area contributed by atoms with E-state index in [1.807, 2.05) is 0 Å². The van der Waals surface area contributed by atoms with Crippen molar-refractivity contribution in [2.45, 2.75) is 6.54 Å². The number of esters is 1. The van der Waals surface area contributed by atoms with Gasteiger partial charge in [0.1, 0.15) is 17.2 Å². The molecule has 0 bridgehead atoms. The van der Waals surface area contributed by atoms with E-state index in [1.54, 1.807) is 36.4 Å². The zero-order valence-corrected chi connectivity index (χ0v) is 14.5. The predicted octanol–water partition coefficient (Wildman–Crippen LogP) is 2.31. The van der Waals surface area contributed by atoms with Gasteiger partial charge in [-0.05, 0) is 42.0 Å². The highest BCUT2D eigenvalue weighted by Gasteiger charge is 2.16. The zero-order chi connectivity index (χ0) is 19.4. The number of rotatable bonds is 5. The SMILES string of the molecule is COC(=O)c1cnn(-c2ccc(C(=O)NCc3ccc(F)cc3)cc2)c1N. The molecule has 0 aliphatic heterocycles. The molecule has 0 fully saturated rings. The Bertz CT molecular complexity index is 966. The number of ether oxygens (including phenoxy) is 1. The minimum atomic E-state index is -0.574. The maximum absolute atomic E-state index is 12.9. The fourth-order valence-corrected chi connectivity index (χ4v) is 2.47. The molecule has 1 heterocycles. The fraction of sp³-hybridized carbons (Fsp3) is 0.105. The average molecular weight is 368 g/mol. The van der Waals surface area contributed by atoms with Gasteiger partial charge in [0.15, 0.2) is 0 Å². The van der Waals surface area contributed by atoms with Gasteiger partial charge < -0.3 is 15.8 Å². The lowest BCUT2D eigenvalue weighted by atomic mass is 10.1. The molecule has 0 spiro atoms. The summed E-state index contributed by atoms with van der Waals surface area (Å²) in [5.74, 6) is -1.02. The van der Waals surface area contributed by atoms with Gasteiger partial charge in [0.2, 0.25) is 0 Å². The van der Waals surface area contributed by atoms with Crippen molar-refractivity contribution in [2.24, 2.45) is 0 Å². The fourth-order valence-electron chi connectivity index (χ4n) is 2.47. The van der Waals surface area contributed by atoms with Gasteiger partial charge in [-0.25, -0.2) is 13.9 Å². The van der Waals surface area contributed by atoms with E-state index in [1.165, 1.54) is 30.1 Å². The van der Waals surface area contributed by atoms with E-state index in [0.29, 0.717) is 11.3 Å². The molecule has 3 N–H and O–H groups in total. The summed E-state index contributed by atoms with van der Waals surface area (Å²) in [4.78, 5) is 23.8. The van der Waals surface area contributed by atoms with Crippen LogP contribution in [0.5, 0.6) is 0 Å². The largest absolute Gasteiger partial charge is 0.465 e. The molecule has 2 aromatic carbocycles. The molecule has 8 heteroatoms. The molecule has 3 aromatic rings. The number of halogens is 1. The molecule has 0 aliphatic rings. The number of carbonyl (C=O) groups is 2. The van der Waals surface area contributed by atoms with Crippen molar-refractivity contribution < 1.29 is 18.7 Å². The van der Waals surface area contributed by atoms with E-state index < -0.39 is 5.97 Å². The molecule has 1 amide bonds. The molecular weight excluding hydrogens is 351 g/mol. The van der Waals surface area contributed by atoms with Crippen molar-refractivity contribution in [1.29, 1.82) is 0 Å². The Morgan fingerprint density at radius 2 is 1.81 bits per heavy atom. The van der Waals surface area contributed by atoms with Crippen LogP contribution in [0.15, 0.2) is 54.7 Å². The third kappa shape index (κ3) is 3.95. The Balaban J connectivity index is 1.69. The Labute approximate surface area is 154 Å². The number of amides is 1. The maximum atomic E-state index is 12.9. The van der Waals surface area contributed by atoms with Crippen molar-refractivity contribution in [1.82, 2.24) is 15.1 Å². The van der Waals surface area contributed by atoms with Crippen LogP contribution in [0.3, 0.4) is 0 Å². The standard InChI is InChI=1S/C19H17FN4O3/c1-27-19(26)16-11-23-24(17(16)21)15-8-4-13(5-9-15)18(25)22-10-12-2-6-14(20)7-3-12/h2-9,11H,10,21H2,1H3,(H,22,25). The van der Waals surface area contributed by atoms with Crippen molar-refractivity contribution in [2.75, 3.05) is 12.8 Å². The molecule has 3 rings (SSSR count). The van der Waals surface area contributed by atoms with Crippen molar-refractivity contribution in [3.05, 3.63) is 77.2 Å². The van der Waals surface area contributed by atoms with Crippen LogP contribution in [-0.4, -0.2) is 28.8 Å². The third-order valence-corrected chi connectivity index (χ3v) is 3.95. The van der Waals surface area contributed by atoms with Crippen LogP contribution in [0, 0.1) is 5.82 Å². The van der Waals surface area contributed by atoms with Gasteiger partial charge in [-0.15, -0.1) is 0 Å². The lowest BCUT2D eigenvalue weighted by Gasteiger charge is -2.08. The van der Waals surface area contributed by atoms with Gasteiger partial charge in [-0.3, -0.25) is 4.79 Å². The molecule has 0 saturated carbocycles. The number of nitrogen functional groups attached to an aromatic ring is 1. The van der Waals surface area contributed by atoms with Crippen LogP contribution in [-0.2, 0) is 11.3 Å². The summed E-state index contributed by atoms with van der Waals surface area (Å²) in [7, 11) is 1.26. The second kappa shape index (κ2) is 7.69. The van der Waals surface area contributed by atoms with Crippen LogP contribution in [0.1, 0.15) is 26.3 Å². The first kappa shape index (κ1) is 18.1. The number of hydrogen-bond donors (Lipinski definition) is 2. The highest BCUT2D eigenvalue weighted by Crippen LogP contribution is 2.18. The summed E-state index contributed by atoms with van der Waals surface area (Å²) in [6.07, 6.45) is 1.32. The monoisotopic (exact) mass is 368 g/mol.